The second-order valence-corrected chi connectivity index (χ2v) is 4.62. The van der Waals surface area contributed by atoms with Crippen LogP contribution in [0.25, 0.3) is 0 Å². The quantitative estimate of drug-likeness (QED) is 0.783. The Balaban J connectivity index is 2.03. The standard InChI is InChI=1S/C12H17ClN2/c13-11-5-4-10(12(14)8-11)9-15-6-2-1-3-7-15/h4-5,8H,1-3,6-7,9,14H2. The first-order valence-electron chi connectivity index (χ1n) is 5.52. The normalized spacial score (nSPS) is 17.9. The van der Waals surface area contributed by atoms with Gasteiger partial charge < -0.3 is 5.73 Å². The number of nitrogen functional groups attached to an aromatic ring is 1. The molecule has 0 amide bonds. The van der Waals surface area contributed by atoms with Crippen molar-refractivity contribution in [2.45, 2.75) is 25.8 Å². The third kappa shape index (κ3) is 2.86. The number of likely N-dealkylation sites (tertiary alicyclic amines) is 1. The van der Waals surface area contributed by atoms with Crippen molar-refractivity contribution in [3.05, 3.63) is 28.8 Å². The highest BCUT2D eigenvalue weighted by molar-refractivity contribution is 6.30. The minimum Gasteiger partial charge on any atom is -0.398 e. The van der Waals surface area contributed by atoms with Gasteiger partial charge in [-0.3, -0.25) is 4.90 Å². The van der Waals surface area contributed by atoms with Crippen molar-refractivity contribution in [3.63, 3.8) is 0 Å². The Bertz CT molecular complexity index is 332. The summed E-state index contributed by atoms with van der Waals surface area (Å²) in [4.78, 5) is 2.46. The molecule has 1 aromatic rings. The number of hydrogen-bond acceptors (Lipinski definition) is 2. The Morgan fingerprint density at radius 1 is 1.20 bits per heavy atom. The molecule has 1 aliphatic heterocycles. The molecule has 1 saturated heterocycles. The lowest BCUT2D eigenvalue weighted by atomic mass is 10.1. The van der Waals surface area contributed by atoms with Crippen LogP contribution >= 0.6 is 11.6 Å². The van der Waals surface area contributed by atoms with Crippen LogP contribution in [-0.4, -0.2) is 18.0 Å². The van der Waals surface area contributed by atoms with E-state index in [4.69, 9.17) is 17.3 Å². The lowest BCUT2D eigenvalue weighted by Gasteiger charge is -2.26. The van der Waals surface area contributed by atoms with E-state index < -0.39 is 0 Å². The van der Waals surface area contributed by atoms with E-state index in [9.17, 15) is 0 Å². The van der Waals surface area contributed by atoms with Crippen LogP contribution in [0.1, 0.15) is 24.8 Å². The fourth-order valence-electron chi connectivity index (χ4n) is 2.07. The molecule has 2 N–H and O–H groups in total. The molecule has 0 aromatic heterocycles. The van der Waals surface area contributed by atoms with Gasteiger partial charge in [0.25, 0.3) is 0 Å². The summed E-state index contributed by atoms with van der Waals surface area (Å²) in [6.07, 6.45) is 3.99. The number of hydrogen-bond donors (Lipinski definition) is 1. The molecule has 0 atom stereocenters. The van der Waals surface area contributed by atoms with E-state index in [0.29, 0.717) is 0 Å². The number of halogens is 1. The van der Waals surface area contributed by atoms with Gasteiger partial charge in [-0.05, 0) is 43.6 Å². The van der Waals surface area contributed by atoms with Crippen molar-refractivity contribution in [1.82, 2.24) is 4.90 Å². The van der Waals surface area contributed by atoms with Gasteiger partial charge in [0.2, 0.25) is 0 Å². The van der Waals surface area contributed by atoms with Gasteiger partial charge in [-0.1, -0.05) is 24.1 Å². The van der Waals surface area contributed by atoms with Crippen molar-refractivity contribution in [1.29, 1.82) is 0 Å². The fourth-order valence-corrected chi connectivity index (χ4v) is 2.25. The van der Waals surface area contributed by atoms with Gasteiger partial charge in [-0.25, -0.2) is 0 Å². The Labute approximate surface area is 96.0 Å². The maximum absolute atomic E-state index is 5.93. The third-order valence-electron chi connectivity index (χ3n) is 2.95. The van der Waals surface area contributed by atoms with Gasteiger partial charge in [0.15, 0.2) is 0 Å². The highest BCUT2D eigenvalue weighted by Gasteiger charge is 2.11. The molecule has 2 rings (SSSR count). The first-order chi connectivity index (χ1) is 7.25. The summed E-state index contributed by atoms with van der Waals surface area (Å²) in [6, 6.07) is 5.78. The molecule has 0 aliphatic carbocycles. The van der Waals surface area contributed by atoms with E-state index >= 15 is 0 Å². The van der Waals surface area contributed by atoms with Crippen molar-refractivity contribution in [3.8, 4) is 0 Å². The zero-order valence-electron chi connectivity index (χ0n) is 8.88. The van der Waals surface area contributed by atoms with Crippen LogP contribution in [0.15, 0.2) is 18.2 Å². The maximum atomic E-state index is 5.93. The van der Waals surface area contributed by atoms with Crippen LogP contribution in [0.4, 0.5) is 5.69 Å². The van der Waals surface area contributed by atoms with E-state index in [1.807, 2.05) is 18.2 Å². The molecule has 0 radical (unpaired) electrons. The predicted octanol–water partition coefficient (Wildman–Crippen LogP) is 2.91. The molecule has 1 aromatic carbocycles. The summed E-state index contributed by atoms with van der Waals surface area (Å²) in [5.74, 6) is 0. The monoisotopic (exact) mass is 224 g/mol. The number of benzene rings is 1. The zero-order valence-corrected chi connectivity index (χ0v) is 9.63. The van der Waals surface area contributed by atoms with Crippen LogP contribution < -0.4 is 5.73 Å². The topological polar surface area (TPSA) is 29.3 Å². The third-order valence-corrected chi connectivity index (χ3v) is 3.19. The molecule has 0 spiro atoms. The summed E-state index contributed by atoms with van der Waals surface area (Å²) in [5, 5.41) is 0.717. The van der Waals surface area contributed by atoms with Crippen LogP contribution in [0, 0.1) is 0 Å². The second-order valence-electron chi connectivity index (χ2n) is 4.18. The lowest BCUT2D eigenvalue weighted by Crippen LogP contribution is -2.29. The summed E-state index contributed by atoms with van der Waals surface area (Å²) in [5.41, 5.74) is 7.94. The Kier molecular flexibility index (Phi) is 3.49. The first kappa shape index (κ1) is 10.8. The molecule has 1 aliphatic rings. The average molecular weight is 225 g/mol. The van der Waals surface area contributed by atoms with E-state index in [-0.39, 0.29) is 0 Å². The second kappa shape index (κ2) is 4.86. The van der Waals surface area contributed by atoms with Crippen molar-refractivity contribution in [2.75, 3.05) is 18.8 Å². The Morgan fingerprint density at radius 2 is 1.93 bits per heavy atom. The molecule has 0 saturated carbocycles. The number of rotatable bonds is 2. The number of piperidine rings is 1. The molecule has 15 heavy (non-hydrogen) atoms. The molecular weight excluding hydrogens is 208 g/mol. The van der Waals surface area contributed by atoms with E-state index in [0.717, 1.165) is 17.3 Å². The van der Waals surface area contributed by atoms with E-state index in [1.165, 1.54) is 37.9 Å². The summed E-state index contributed by atoms with van der Waals surface area (Å²) in [7, 11) is 0. The van der Waals surface area contributed by atoms with Gasteiger partial charge in [0, 0.05) is 17.3 Å². The average Bonchev–Trinajstić information content (AvgIpc) is 2.24. The molecule has 1 heterocycles. The predicted molar refractivity (Wildman–Crippen MR) is 65.0 cm³/mol. The van der Waals surface area contributed by atoms with Crippen LogP contribution in [0.2, 0.25) is 5.02 Å². The number of nitrogens with zero attached hydrogens (tertiary/aromatic N) is 1. The Hall–Kier alpha value is -0.730. The molecule has 2 nitrogen and oxygen atoms in total. The van der Waals surface area contributed by atoms with Gasteiger partial charge in [-0.15, -0.1) is 0 Å². The molecule has 82 valence electrons. The van der Waals surface area contributed by atoms with Crippen LogP contribution in [0.5, 0.6) is 0 Å². The minimum atomic E-state index is 0.717. The van der Waals surface area contributed by atoms with Crippen LogP contribution in [0.3, 0.4) is 0 Å². The number of nitrogens with two attached hydrogens (primary N) is 1. The number of anilines is 1. The van der Waals surface area contributed by atoms with Gasteiger partial charge >= 0.3 is 0 Å². The Morgan fingerprint density at radius 3 is 2.60 bits per heavy atom. The summed E-state index contributed by atoms with van der Waals surface area (Å²) >= 11 is 5.87. The highest BCUT2D eigenvalue weighted by Crippen LogP contribution is 2.21. The first-order valence-corrected chi connectivity index (χ1v) is 5.90. The lowest BCUT2D eigenvalue weighted by molar-refractivity contribution is 0.221. The molecule has 0 bridgehead atoms. The van der Waals surface area contributed by atoms with Crippen LogP contribution in [-0.2, 0) is 6.54 Å². The largest absolute Gasteiger partial charge is 0.398 e. The maximum Gasteiger partial charge on any atom is 0.0426 e. The van der Waals surface area contributed by atoms with Crippen molar-refractivity contribution >= 4 is 17.3 Å². The summed E-state index contributed by atoms with van der Waals surface area (Å²) in [6.45, 7) is 3.35. The molecular formula is C12H17ClN2. The molecule has 0 unspecified atom stereocenters. The van der Waals surface area contributed by atoms with Gasteiger partial charge in [-0.2, -0.15) is 0 Å². The van der Waals surface area contributed by atoms with E-state index in [1.54, 1.807) is 0 Å². The van der Waals surface area contributed by atoms with Crippen molar-refractivity contribution in [2.24, 2.45) is 0 Å². The highest BCUT2D eigenvalue weighted by atomic mass is 35.5. The van der Waals surface area contributed by atoms with Gasteiger partial charge in [0.05, 0.1) is 0 Å². The van der Waals surface area contributed by atoms with Crippen molar-refractivity contribution < 1.29 is 0 Å². The summed E-state index contributed by atoms with van der Waals surface area (Å²) < 4.78 is 0. The van der Waals surface area contributed by atoms with Gasteiger partial charge in [0.1, 0.15) is 0 Å². The minimum absolute atomic E-state index is 0.717. The molecule has 1 fully saturated rings. The zero-order chi connectivity index (χ0) is 10.7. The smallest absolute Gasteiger partial charge is 0.0426 e. The van der Waals surface area contributed by atoms with E-state index in [2.05, 4.69) is 4.90 Å². The molecule has 3 heteroatoms. The SMILES string of the molecule is Nc1cc(Cl)ccc1CN1CCCCC1. The fraction of sp³-hybridized carbons (Fsp3) is 0.500.